The minimum atomic E-state index is -0.143. The topological polar surface area (TPSA) is 55.1 Å². The number of aryl methyl sites for hydroxylation is 1. The van der Waals surface area contributed by atoms with Crippen LogP contribution < -0.4 is 11.1 Å². The van der Waals surface area contributed by atoms with E-state index in [1.54, 1.807) is 0 Å². The van der Waals surface area contributed by atoms with Crippen LogP contribution in [-0.2, 0) is 11.2 Å². The van der Waals surface area contributed by atoms with Crippen molar-refractivity contribution in [3.8, 4) is 0 Å². The first-order valence-electron chi connectivity index (χ1n) is 5.27. The first-order chi connectivity index (χ1) is 7.17. The Kier molecular flexibility index (Phi) is 4.31. The Balaban J connectivity index is 2.61. The number of rotatable bonds is 4. The average molecular weight is 206 g/mol. The predicted octanol–water partition coefficient (Wildman–Crippen LogP) is 1.78. The van der Waals surface area contributed by atoms with Crippen LogP contribution >= 0.6 is 0 Å². The minimum absolute atomic E-state index is 0.0262. The normalized spacial score (nSPS) is 12.2. The molecule has 1 unspecified atom stereocenters. The molecule has 0 saturated heterocycles. The van der Waals surface area contributed by atoms with Gasteiger partial charge in [-0.25, -0.2) is 0 Å². The van der Waals surface area contributed by atoms with Crippen LogP contribution in [0.3, 0.4) is 0 Å². The van der Waals surface area contributed by atoms with E-state index in [1.165, 1.54) is 5.56 Å². The zero-order chi connectivity index (χ0) is 11.3. The number of hydrogen-bond acceptors (Lipinski definition) is 2. The fraction of sp³-hybridized carbons (Fsp3) is 0.417. The van der Waals surface area contributed by atoms with E-state index in [0.717, 1.165) is 12.1 Å². The van der Waals surface area contributed by atoms with Gasteiger partial charge in [0.15, 0.2) is 0 Å². The molecule has 0 fully saturated rings. The van der Waals surface area contributed by atoms with Crippen LogP contribution in [0, 0.1) is 5.92 Å². The van der Waals surface area contributed by atoms with Crippen molar-refractivity contribution in [1.82, 2.24) is 0 Å². The lowest BCUT2D eigenvalue weighted by atomic mass is 10.1. The lowest BCUT2D eigenvalue weighted by Gasteiger charge is -2.10. The average Bonchev–Trinajstić information content (AvgIpc) is 2.29. The number of benzene rings is 1. The molecule has 15 heavy (non-hydrogen) atoms. The van der Waals surface area contributed by atoms with E-state index < -0.39 is 0 Å². The molecule has 0 aliphatic heterocycles. The van der Waals surface area contributed by atoms with Crippen molar-refractivity contribution in [3.05, 3.63) is 29.8 Å². The number of nitrogens with one attached hydrogen (secondary N) is 1. The molecule has 3 heteroatoms. The molecule has 0 aromatic heterocycles. The predicted molar refractivity (Wildman–Crippen MR) is 62.7 cm³/mol. The lowest BCUT2D eigenvalue weighted by molar-refractivity contribution is -0.119. The molecule has 1 amide bonds. The van der Waals surface area contributed by atoms with E-state index in [4.69, 9.17) is 5.73 Å². The van der Waals surface area contributed by atoms with Gasteiger partial charge in [-0.05, 0) is 24.1 Å². The first kappa shape index (κ1) is 11.7. The maximum Gasteiger partial charge on any atom is 0.228 e. The molecule has 1 rings (SSSR count). The summed E-state index contributed by atoms with van der Waals surface area (Å²) in [4.78, 5) is 11.5. The molecule has 3 N–H and O–H groups in total. The molecule has 0 bridgehead atoms. The van der Waals surface area contributed by atoms with Gasteiger partial charge < -0.3 is 11.1 Å². The zero-order valence-electron chi connectivity index (χ0n) is 9.29. The summed E-state index contributed by atoms with van der Waals surface area (Å²) in [6, 6.07) is 7.87. The van der Waals surface area contributed by atoms with Gasteiger partial charge in [-0.1, -0.05) is 26.0 Å². The Morgan fingerprint density at radius 2 is 2.00 bits per heavy atom. The summed E-state index contributed by atoms with van der Waals surface area (Å²) in [7, 11) is 0. The molecular formula is C12H18N2O. The number of carbonyl (C=O) groups is 1. The molecule has 0 saturated carbocycles. The van der Waals surface area contributed by atoms with E-state index in [2.05, 4.69) is 12.2 Å². The molecule has 82 valence electrons. The maximum atomic E-state index is 11.5. The van der Waals surface area contributed by atoms with Crippen molar-refractivity contribution in [2.24, 2.45) is 11.7 Å². The highest BCUT2D eigenvalue weighted by Gasteiger charge is 2.10. The van der Waals surface area contributed by atoms with Crippen molar-refractivity contribution < 1.29 is 4.79 Å². The van der Waals surface area contributed by atoms with Crippen molar-refractivity contribution in [3.63, 3.8) is 0 Å². The number of hydrogen-bond donors (Lipinski definition) is 2. The van der Waals surface area contributed by atoms with Gasteiger partial charge in [-0.3, -0.25) is 4.79 Å². The van der Waals surface area contributed by atoms with Gasteiger partial charge in [0.05, 0.1) is 0 Å². The number of amides is 1. The molecule has 1 atom stereocenters. The highest BCUT2D eigenvalue weighted by atomic mass is 16.1. The van der Waals surface area contributed by atoms with Gasteiger partial charge in [-0.2, -0.15) is 0 Å². The largest absolute Gasteiger partial charge is 0.330 e. The minimum Gasteiger partial charge on any atom is -0.330 e. The summed E-state index contributed by atoms with van der Waals surface area (Å²) in [5.41, 5.74) is 7.51. The number of anilines is 1. The third-order valence-electron chi connectivity index (χ3n) is 2.43. The summed E-state index contributed by atoms with van der Waals surface area (Å²) >= 11 is 0. The molecule has 0 aliphatic carbocycles. The Hall–Kier alpha value is -1.35. The molecule has 1 aromatic rings. The fourth-order valence-corrected chi connectivity index (χ4v) is 1.20. The van der Waals surface area contributed by atoms with E-state index in [0.29, 0.717) is 6.54 Å². The number of carbonyl (C=O) groups excluding carboxylic acids is 1. The number of nitrogens with two attached hydrogens (primary N) is 1. The standard InChI is InChI=1S/C12H18N2O/c1-3-10-4-6-11(7-5-10)14-12(15)9(2)8-13/h4-7,9H,3,8,13H2,1-2H3,(H,14,15). The summed E-state index contributed by atoms with van der Waals surface area (Å²) in [5, 5.41) is 2.82. The molecule has 0 heterocycles. The van der Waals surface area contributed by atoms with Gasteiger partial charge in [0.25, 0.3) is 0 Å². The Bertz CT molecular complexity index is 319. The fourth-order valence-electron chi connectivity index (χ4n) is 1.20. The highest BCUT2D eigenvalue weighted by molar-refractivity contribution is 5.92. The monoisotopic (exact) mass is 206 g/mol. The van der Waals surface area contributed by atoms with E-state index in [1.807, 2.05) is 31.2 Å². The second-order valence-corrected chi connectivity index (χ2v) is 3.68. The summed E-state index contributed by atoms with van der Waals surface area (Å²) < 4.78 is 0. The molecule has 0 spiro atoms. The van der Waals surface area contributed by atoms with Crippen molar-refractivity contribution in [2.45, 2.75) is 20.3 Å². The van der Waals surface area contributed by atoms with E-state index in [-0.39, 0.29) is 11.8 Å². The van der Waals surface area contributed by atoms with Gasteiger partial charge in [0.1, 0.15) is 0 Å². The summed E-state index contributed by atoms with van der Waals surface area (Å²) in [5.74, 6) is -0.169. The van der Waals surface area contributed by atoms with Gasteiger partial charge in [-0.15, -0.1) is 0 Å². The summed E-state index contributed by atoms with van der Waals surface area (Å²) in [6.45, 7) is 4.29. The second kappa shape index (κ2) is 5.51. The van der Waals surface area contributed by atoms with Crippen LogP contribution in [0.15, 0.2) is 24.3 Å². The second-order valence-electron chi connectivity index (χ2n) is 3.68. The van der Waals surface area contributed by atoms with E-state index >= 15 is 0 Å². The van der Waals surface area contributed by atoms with Crippen LogP contribution in [0.1, 0.15) is 19.4 Å². The van der Waals surface area contributed by atoms with Crippen LogP contribution in [0.5, 0.6) is 0 Å². The third-order valence-corrected chi connectivity index (χ3v) is 2.43. The summed E-state index contributed by atoms with van der Waals surface area (Å²) in [6.07, 6.45) is 1.01. The Labute approximate surface area is 90.7 Å². The van der Waals surface area contributed by atoms with Crippen LogP contribution in [0.2, 0.25) is 0 Å². The van der Waals surface area contributed by atoms with E-state index in [9.17, 15) is 4.79 Å². The highest BCUT2D eigenvalue weighted by Crippen LogP contribution is 2.10. The molecular weight excluding hydrogens is 188 g/mol. The van der Waals surface area contributed by atoms with Crippen molar-refractivity contribution in [1.29, 1.82) is 0 Å². The zero-order valence-corrected chi connectivity index (χ0v) is 9.29. The molecule has 3 nitrogen and oxygen atoms in total. The Morgan fingerprint density at radius 1 is 1.40 bits per heavy atom. The van der Waals surface area contributed by atoms with Gasteiger partial charge >= 0.3 is 0 Å². The quantitative estimate of drug-likeness (QED) is 0.789. The van der Waals surface area contributed by atoms with Crippen LogP contribution in [-0.4, -0.2) is 12.5 Å². The molecule has 0 radical (unpaired) electrons. The lowest BCUT2D eigenvalue weighted by Crippen LogP contribution is -2.26. The smallest absolute Gasteiger partial charge is 0.228 e. The van der Waals surface area contributed by atoms with Gasteiger partial charge in [0, 0.05) is 18.2 Å². The van der Waals surface area contributed by atoms with Crippen LogP contribution in [0.25, 0.3) is 0 Å². The van der Waals surface area contributed by atoms with Crippen molar-refractivity contribution in [2.75, 3.05) is 11.9 Å². The Morgan fingerprint density at radius 3 is 2.47 bits per heavy atom. The molecule has 0 aliphatic rings. The van der Waals surface area contributed by atoms with Gasteiger partial charge in [0.2, 0.25) is 5.91 Å². The van der Waals surface area contributed by atoms with Crippen molar-refractivity contribution >= 4 is 11.6 Å². The SMILES string of the molecule is CCc1ccc(NC(=O)C(C)CN)cc1. The first-order valence-corrected chi connectivity index (χ1v) is 5.27. The van der Waals surface area contributed by atoms with Crippen LogP contribution in [0.4, 0.5) is 5.69 Å². The third kappa shape index (κ3) is 3.36. The maximum absolute atomic E-state index is 11.5. The molecule has 1 aromatic carbocycles.